The number of rotatable bonds is 6. The van der Waals surface area contributed by atoms with E-state index in [1.54, 1.807) is 0 Å². The Balaban J connectivity index is 2.00. The molecule has 0 saturated carbocycles. The molecule has 1 aromatic heterocycles. The number of hydrogen-bond donors (Lipinski definition) is 1. The lowest BCUT2D eigenvalue weighted by Gasteiger charge is -2.17. The highest BCUT2D eigenvalue weighted by Crippen LogP contribution is 2.23. The van der Waals surface area contributed by atoms with E-state index < -0.39 is 0 Å². The van der Waals surface area contributed by atoms with Crippen molar-refractivity contribution in [3.63, 3.8) is 0 Å². The second kappa shape index (κ2) is 7.02. The Morgan fingerprint density at radius 2 is 1.80 bits per heavy atom. The van der Waals surface area contributed by atoms with Gasteiger partial charge in [-0.15, -0.1) is 11.3 Å². The Morgan fingerprint density at radius 1 is 1.10 bits per heavy atom. The van der Waals surface area contributed by atoms with Crippen LogP contribution in [0.1, 0.15) is 33.8 Å². The number of nitrogens with zero attached hydrogens (tertiary/aromatic N) is 1. The highest BCUT2D eigenvalue weighted by atomic mass is 32.1. The van der Waals surface area contributed by atoms with Gasteiger partial charge in [0.1, 0.15) is 0 Å². The van der Waals surface area contributed by atoms with Gasteiger partial charge in [-0.25, -0.2) is 0 Å². The van der Waals surface area contributed by atoms with Crippen LogP contribution in [-0.2, 0) is 13.1 Å². The maximum Gasteiger partial charge on any atom is 0.0388 e. The Bertz CT molecular complexity index is 545. The topological polar surface area (TPSA) is 15.3 Å². The summed E-state index contributed by atoms with van der Waals surface area (Å²) in [6, 6.07) is 13.5. The van der Waals surface area contributed by atoms with Crippen LogP contribution in [0.4, 0.5) is 0 Å². The van der Waals surface area contributed by atoms with Gasteiger partial charge < -0.3 is 10.2 Å². The quantitative estimate of drug-likeness (QED) is 0.865. The molecule has 2 aromatic rings. The van der Waals surface area contributed by atoms with Crippen LogP contribution in [0.2, 0.25) is 0 Å². The minimum Gasteiger partial charge on any atom is -0.305 e. The third kappa shape index (κ3) is 4.17. The molecule has 1 heterocycles. The molecule has 0 fully saturated rings. The fourth-order valence-corrected chi connectivity index (χ4v) is 3.18. The average Bonchev–Trinajstić information content (AvgIpc) is 2.83. The Morgan fingerprint density at radius 3 is 2.40 bits per heavy atom. The fourth-order valence-electron chi connectivity index (χ4n) is 2.27. The molecule has 0 saturated heterocycles. The van der Waals surface area contributed by atoms with Crippen LogP contribution in [-0.4, -0.2) is 19.0 Å². The Hall–Kier alpha value is -1.16. The van der Waals surface area contributed by atoms with Crippen LogP contribution in [0.15, 0.2) is 36.4 Å². The molecule has 20 heavy (non-hydrogen) atoms. The summed E-state index contributed by atoms with van der Waals surface area (Å²) < 4.78 is 0. The van der Waals surface area contributed by atoms with Crippen molar-refractivity contribution in [2.24, 2.45) is 0 Å². The highest BCUT2D eigenvalue weighted by molar-refractivity contribution is 7.12. The zero-order chi connectivity index (χ0) is 14.5. The average molecular weight is 288 g/mol. The maximum atomic E-state index is 3.63. The van der Waals surface area contributed by atoms with Gasteiger partial charge in [0.05, 0.1) is 0 Å². The van der Waals surface area contributed by atoms with Gasteiger partial charge in [0.15, 0.2) is 0 Å². The summed E-state index contributed by atoms with van der Waals surface area (Å²) in [6.07, 6.45) is 0. The molecule has 3 heteroatoms. The smallest absolute Gasteiger partial charge is 0.0388 e. The van der Waals surface area contributed by atoms with E-state index in [4.69, 9.17) is 0 Å². The van der Waals surface area contributed by atoms with Crippen molar-refractivity contribution in [1.29, 1.82) is 0 Å². The molecule has 2 nitrogen and oxygen atoms in total. The molecule has 1 unspecified atom stereocenters. The van der Waals surface area contributed by atoms with E-state index in [2.05, 4.69) is 74.6 Å². The first-order valence-corrected chi connectivity index (χ1v) is 7.89. The van der Waals surface area contributed by atoms with Gasteiger partial charge in [-0.3, -0.25) is 0 Å². The van der Waals surface area contributed by atoms with Crippen LogP contribution in [0.5, 0.6) is 0 Å². The normalized spacial score (nSPS) is 12.8. The van der Waals surface area contributed by atoms with Crippen LogP contribution < -0.4 is 5.32 Å². The Labute approximate surface area is 126 Å². The van der Waals surface area contributed by atoms with Gasteiger partial charge >= 0.3 is 0 Å². The molecule has 0 aliphatic rings. The van der Waals surface area contributed by atoms with Crippen LogP contribution in [0.25, 0.3) is 0 Å². The number of nitrogens with one attached hydrogen (secondary N) is 1. The van der Waals surface area contributed by atoms with E-state index in [0.717, 1.165) is 13.1 Å². The molecule has 2 rings (SSSR count). The molecular formula is C17H24N2S. The molecule has 0 amide bonds. The third-order valence-electron chi connectivity index (χ3n) is 3.39. The molecule has 1 atom stereocenters. The van der Waals surface area contributed by atoms with E-state index in [-0.39, 0.29) is 0 Å². The summed E-state index contributed by atoms with van der Waals surface area (Å²) in [4.78, 5) is 5.00. The monoisotopic (exact) mass is 288 g/mol. The second-order valence-corrected chi connectivity index (χ2v) is 6.88. The summed E-state index contributed by atoms with van der Waals surface area (Å²) in [5.41, 5.74) is 2.79. The molecule has 1 aromatic carbocycles. The standard InChI is InChI=1S/C17H24N2S/c1-13-9-10-17(20-13)14(2)18-11-15-7-5-6-8-16(15)12-19(3)4/h5-10,14,18H,11-12H2,1-4H3. The number of hydrogen-bond acceptors (Lipinski definition) is 3. The van der Waals surface area contributed by atoms with Gasteiger partial charge in [0.25, 0.3) is 0 Å². The first-order valence-electron chi connectivity index (χ1n) is 7.07. The molecule has 1 N–H and O–H groups in total. The fraction of sp³-hybridized carbons (Fsp3) is 0.412. The first kappa shape index (κ1) is 15.2. The van der Waals surface area contributed by atoms with Gasteiger partial charge in [-0.1, -0.05) is 24.3 Å². The minimum absolute atomic E-state index is 0.404. The molecule has 0 radical (unpaired) electrons. The van der Waals surface area contributed by atoms with Crippen molar-refractivity contribution in [2.75, 3.05) is 14.1 Å². The second-order valence-electron chi connectivity index (χ2n) is 5.56. The summed E-state index contributed by atoms with van der Waals surface area (Å²) in [5, 5.41) is 3.63. The van der Waals surface area contributed by atoms with Gasteiger partial charge in [-0.05, 0) is 51.2 Å². The largest absolute Gasteiger partial charge is 0.305 e. The predicted molar refractivity (Wildman–Crippen MR) is 88.1 cm³/mol. The number of aryl methyl sites for hydroxylation is 1. The zero-order valence-corrected chi connectivity index (χ0v) is 13.6. The van der Waals surface area contributed by atoms with E-state index in [1.165, 1.54) is 20.9 Å². The van der Waals surface area contributed by atoms with Crippen molar-refractivity contribution < 1.29 is 0 Å². The molecule has 0 aliphatic carbocycles. The predicted octanol–water partition coefficient (Wildman–Crippen LogP) is 3.97. The minimum atomic E-state index is 0.404. The van der Waals surface area contributed by atoms with Crippen LogP contribution in [0.3, 0.4) is 0 Å². The van der Waals surface area contributed by atoms with Gasteiger partial charge in [0.2, 0.25) is 0 Å². The van der Waals surface area contributed by atoms with Crippen LogP contribution in [0, 0.1) is 6.92 Å². The van der Waals surface area contributed by atoms with E-state index >= 15 is 0 Å². The molecule has 0 aliphatic heterocycles. The summed E-state index contributed by atoms with van der Waals surface area (Å²) >= 11 is 1.88. The van der Waals surface area contributed by atoms with Crippen molar-refractivity contribution in [2.45, 2.75) is 33.0 Å². The van der Waals surface area contributed by atoms with Crippen molar-refractivity contribution >= 4 is 11.3 Å². The zero-order valence-electron chi connectivity index (χ0n) is 12.8. The summed E-state index contributed by atoms with van der Waals surface area (Å²) in [7, 11) is 4.22. The first-order chi connectivity index (χ1) is 9.56. The molecule has 108 valence electrons. The van der Waals surface area contributed by atoms with E-state index in [1.807, 2.05) is 11.3 Å². The summed E-state index contributed by atoms with van der Waals surface area (Å²) in [6.45, 7) is 6.31. The Kier molecular flexibility index (Phi) is 5.35. The van der Waals surface area contributed by atoms with Gasteiger partial charge in [-0.2, -0.15) is 0 Å². The summed E-state index contributed by atoms with van der Waals surface area (Å²) in [5.74, 6) is 0. The molecule has 0 bridgehead atoms. The van der Waals surface area contributed by atoms with Gasteiger partial charge in [0, 0.05) is 28.9 Å². The SMILES string of the molecule is Cc1ccc(C(C)NCc2ccccc2CN(C)C)s1. The number of thiophene rings is 1. The van der Waals surface area contributed by atoms with Crippen molar-refractivity contribution in [1.82, 2.24) is 10.2 Å². The van der Waals surface area contributed by atoms with E-state index in [9.17, 15) is 0 Å². The van der Waals surface area contributed by atoms with Crippen molar-refractivity contribution in [3.05, 3.63) is 57.3 Å². The van der Waals surface area contributed by atoms with Crippen LogP contribution >= 0.6 is 11.3 Å². The molecule has 0 spiro atoms. The third-order valence-corrected chi connectivity index (χ3v) is 4.57. The number of benzene rings is 1. The van der Waals surface area contributed by atoms with Crippen molar-refractivity contribution in [3.8, 4) is 0 Å². The highest BCUT2D eigenvalue weighted by Gasteiger charge is 2.09. The lowest BCUT2D eigenvalue weighted by atomic mass is 10.1. The maximum absolute atomic E-state index is 3.63. The molecular weight excluding hydrogens is 264 g/mol. The lowest BCUT2D eigenvalue weighted by Crippen LogP contribution is -2.19. The lowest BCUT2D eigenvalue weighted by molar-refractivity contribution is 0.400. The van der Waals surface area contributed by atoms with E-state index in [0.29, 0.717) is 6.04 Å².